The van der Waals surface area contributed by atoms with Crippen molar-refractivity contribution in [2.75, 3.05) is 7.05 Å². The van der Waals surface area contributed by atoms with Crippen molar-refractivity contribution in [3.8, 4) is 0 Å². The van der Waals surface area contributed by atoms with Gasteiger partial charge in [0, 0.05) is 13.3 Å². The summed E-state index contributed by atoms with van der Waals surface area (Å²) in [6, 6.07) is 0. The molecular weight excluding hydrogens is 86.1 g/mol. The first-order chi connectivity index (χ1) is 3.34. The van der Waals surface area contributed by atoms with Crippen molar-refractivity contribution in [3.05, 3.63) is 0 Å². The zero-order valence-corrected chi connectivity index (χ0v) is 4.89. The average molecular weight is 97.2 g/mol. The van der Waals surface area contributed by atoms with Gasteiger partial charge in [0.15, 0.2) is 0 Å². The molecule has 1 aliphatic carbocycles. The maximum absolute atomic E-state index is 3.92. The van der Waals surface area contributed by atoms with Crippen molar-refractivity contribution in [1.82, 2.24) is 0 Å². The lowest BCUT2D eigenvalue weighted by atomic mass is 10.4. The fourth-order valence-corrected chi connectivity index (χ4v) is 0.750. The lowest BCUT2D eigenvalue weighted by Crippen LogP contribution is -1.76. The van der Waals surface area contributed by atoms with Gasteiger partial charge in [-0.3, -0.25) is 0 Å². The molecule has 0 aromatic carbocycles. The molecule has 7 heavy (non-hydrogen) atoms. The summed E-state index contributed by atoms with van der Waals surface area (Å²) in [6.45, 7) is 2.26. The van der Waals surface area contributed by atoms with Gasteiger partial charge in [0.25, 0.3) is 0 Å². The quantitative estimate of drug-likeness (QED) is 0.438. The Hall–Kier alpha value is -0.330. The largest absolute Gasteiger partial charge is 0.301 e. The summed E-state index contributed by atoms with van der Waals surface area (Å²) in [6.07, 6.45) is 3.40. The molecular formula is C6H11N. The molecule has 0 aliphatic heterocycles. The van der Waals surface area contributed by atoms with Crippen LogP contribution >= 0.6 is 0 Å². The summed E-state index contributed by atoms with van der Waals surface area (Å²) in [7, 11) is 1.84. The molecule has 0 spiro atoms. The highest BCUT2D eigenvalue weighted by atomic mass is 14.7. The molecule has 1 aliphatic rings. The molecule has 0 N–H and O–H groups in total. The van der Waals surface area contributed by atoms with Crippen LogP contribution in [-0.2, 0) is 0 Å². The lowest BCUT2D eigenvalue weighted by Gasteiger charge is -1.75. The molecule has 40 valence electrons. The Kier molecular flexibility index (Phi) is 1.13. The van der Waals surface area contributed by atoms with Crippen molar-refractivity contribution >= 4 is 6.21 Å². The molecule has 0 radical (unpaired) electrons. The third-order valence-corrected chi connectivity index (χ3v) is 1.51. The van der Waals surface area contributed by atoms with Crippen LogP contribution in [0.1, 0.15) is 13.3 Å². The molecule has 2 atom stereocenters. The molecule has 2 unspecified atom stereocenters. The predicted octanol–water partition coefficient (Wildman–Crippen LogP) is 1.34. The summed E-state index contributed by atoms with van der Waals surface area (Å²) >= 11 is 0. The summed E-state index contributed by atoms with van der Waals surface area (Å²) in [5.41, 5.74) is 0. The molecule has 0 saturated heterocycles. The van der Waals surface area contributed by atoms with E-state index in [1.165, 1.54) is 6.42 Å². The van der Waals surface area contributed by atoms with Crippen molar-refractivity contribution in [3.63, 3.8) is 0 Å². The predicted molar refractivity (Wildman–Crippen MR) is 31.7 cm³/mol. The van der Waals surface area contributed by atoms with Gasteiger partial charge in [-0.15, -0.1) is 0 Å². The Balaban J connectivity index is 2.21. The van der Waals surface area contributed by atoms with Gasteiger partial charge in [0.1, 0.15) is 0 Å². The highest BCUT2D eigenvalue weighted by molar-refractivity contribution is 5.64. The highest BCUT2D eigenvalue weighted by Gasteiger charge is 2.29. The smallest absolute Gasteiger partial charge is 0.0273 e. The standard InChI is InChI=1S/C6H11N/c1-5-3-6(5)4-7-2/h4-6H,3H2,1-2H3. The first-order valence-corrected chi connectivity index (χ1v) is 2.77. The van der Waals surface area contributed by atoms with Crippen LogP contribution in [0.5, 0.6) is 0 Å². The minimum Gasteiger partial charge on any atom is -0.301 e. The SMILES string of the molecule is CN=CC1CC1C. The van der Waals surface area contributed by atoms with E-state index in [1.807, 2.05) is 13.3 Å². The maximum atomic E-state index is 3.92. The van der Waals surface area contributed by atoms with E-state index < -0.39 is 0 Å². The van der Waals surface area contributed by atoms with E-state index in [0.717, 1.165) is 11.8 Å². The molecule has 1 fully saturated rings. The summed E-state index contributed by atoms with van der Waals surface area (Å²) in [5.74, 6) is 1.74. The number of nitrogens with zero attached hydrogens (tertiary/aromatic N) is 1. The van der Waals surface area contributed by atoms with Crippen LogP contribution in [0, 0.1) is 11.8 Å². The van der Waals surface area contributed by atoms with E-state index in [9.17, 15) is 0 Å². The van der Waals surface area contributed by atoms with Gasteiger partial charge in [-0.05, 0) is 18.3 Å². The summed E-state index contributed by atoms with van der Waals surface area (Å²) < 4.78 is 0. The zero-order chi connectivity index (χ0) is 5.28. The van der Waals surface area contributed by atoms with Gasteiger partial charge in [0.05, 0.1) is 0 Å². The molecule has 0 aromatic heterocycles. The van der Waals surface area contributed by atoms with Crippen LogP contribution in [0.4, 0.5) is 0 Å². The van der Waals surface area contributed by atoms with E-state index in [0.29, 0.717) is 0 Å². The second-order valence-corrected chi connectivity index (χ2v) is 2.28. The Morgan fingerprint density at radius 1 is 1.71 bits per heavy atom. The fraction of sp³-hybridized carbons (Fsp3) is 0.833. The molecule has 1 rings (SSSR count). The Bertz CT molecular complexity index is 86.2. The van der Waals surface area contributed by atoms with Crippen LogP contribution < -0.4 is 0 Å². The van der Waals surface area contributed by atoms with E-state index in [4.69, 9.17) is 0 Å². The minimum atomic E-state index is 0.824. The summed E-state index contributed by atoms with van der Waals surface area (Å²) in [4.78, 5) is 3.92. The van der Waals surface area contributed by atoms with Gasteiger partial charge >= 0.3 is 0 Å². The molecule has 1 saturated carbocycles. The minimum absolute atomic E-state index is 0.824. The summed E-state index contributed by atoms with van der Waals surface area (Å²) in [5, 5.41) is 0. The monoisotopic (exact) mass is 97.1 g/mol. The van der Waals surface area contributed by atoms with E-state index in [-0.39, 0.29) is 0 Å². The highest BCUT2D eigenvalue weighted by Crippen LogP contribution is 2.35. The van der Waals surface area contributed by atoms with Crippen molar-refractivity contribution in [2.45, 2.75) is 13.3 Å². The second kappa shape index (κ2) is 1.65. The Morgan fingerprint density at radius 2 is 2.29 bits per heavy atom. The number of aliphatic imine (C=N–C) groups is 1. The number of hydrogen-bond donors (Lipinski definition) is 0. The van der Waals surface area contributed by atoms with Gasteiger partial charge in [-0.2, -0.15) is 0 Å². The maximum Gasteiger partial charge on any atom is 0.0273 e. The Labute approximate surface area is 44.5 Å². The third-order valence-electron chi connectivity index (χ3n) is 1.51. The fourth-order valence-electron chi connectivity index (χ4n) is 0.750. The zero-order valence-electron chi connectivity index (χ0n) is 4.89. The van der Waals surface area contributed by atoms with Gasteiger partial charge in [-0.1, -0.05) is 6.92 Å². The molecule has 0 aromatic rings. The lowest BCUT2D eigenvalue weighted by molar-refractivity contribution is 0.933. The molecule has 0 heterocycles. The number of hydrogen-bond acceptors (Lipinski definition) is 1. The van der Waals surface area contributed by atoms with Crippen molar-refractivity contribution in [1.29, 1.82) is 0 Å². The van der Waals surface area contributed by atoms with Crippen LogP contribution in [0.2, 0.25) is 0 Å². The van der Waals surface area contributed by atoms with E-state index >= 15 is 0 Å². The molecule has 1 nitrogen and oxygen atoms in total. The molecule has 0 amide bonds. The van der Waals surface area contributed by atoms with Gasteiger partial charge < -0.3 is 4.99 Å². The van der Waals surface area contributed by atoms with Crippen LogP contribution in [-0.4, -0.2) is 13.3 Å². The van der Waals surface area contributed by atoms with Gasteiger partial charge in [0.2, 0.25) is 0 Å². The Morgan fingerprint density at radius 3 is 2.43 bits per heavy atom. The topological polar surface area (TPSA) is 12.4 Å². The van der Waals surface area contributed by atoms with E-state index in [1.54, 1.807) is 0 Å². The first kappa shape index (κ1) is 4.82. The van der Waals surface area contributed by atoms with Crippen LogP contribution in [0.25, 0.3) is 0 Å². The molecule has 1 heteroatoms. The average Bonchev–Trinajstić information content (AvgIpc) is 2.22. The molecule has 0 bridgehead atoms. The van der Waals surface area contributed by atoms with Crippen molar-refractivity contribution in [2.24, 2.45) is 16.8 Å². The third kappa shape index (κ3) is 1.02. The van der Waals surface area contributed by atoms with Crippen LogP contribution in [0.15, 0.2) is 4.99 Å². The number of rotatable bonds is 1. The van der Waals surface area contributed by atoms with Crippen LogP contribution in [0.3, 0.4) is 0 Å². The first-order valence-electron chi connectivity index (χ1n) is 2.77. The second-order valence-electron chi connectivity index (χ2n) is 2.28. The van der Waals surface area contributed by atoms with Gasteiger partial charge in [-0.25, -0.2) is 0 Å². The van der Waals surface area contributed by atoms with Crippen molar-refractivity contribution < 1.29 is 0 Å². The normalized spacial score (nSPS) is 39.7. The van der Waals surface area contributed by atoms with E-state index in [2.05, 4.69) is 11.9 Å².